The van der Waals surface area contributed by atoms with Crippen molar-refractivity contribution in [2.45, 2.75) is 52.3 Å². The van der Waals surface area contributed by atoms with Gasteiger partial charge in [-0.1, -0.05) is 18.2 Å². The fourth-order valence-corrected chi connectivity index (χ4v) is 2.95. The van der Waals surface area contributed by atoms with Gasteiger partial charge in [-0.25, -0.2) is 0 Å². The summed E-state index contributed by atoms with van der Waals surface area (Å²) >= 11 is 0. The van der Waals surface area contributed by atoms with Crippen LogP contribution in [0.3, 0.4) is 0 Å². The van der Waals surface area contributed by atoms with E-state index in [1.54, 1.807) is 0 Å². The lowest BCUT2D eigenvalue weighted by molar-refractivity contribution is -0.0365. The quantitative estimate of drug-likeness (QED) is 0.851. The lowest BCUT2D eigenvalue weighted by Crippen LogP contribution is -2.48. The van der Waals surface area contributed by atoms with Crippen LogP contribution < -0.4 is 5.32 Å². The molecule has 0 aliphatic carbocycles. The zero-order valence-electron chi connectivity index (χ0n) is 13.8. The lowest BCUT2D eigenvalue weighted by atomic mass is 9.93. The van der Waals surface area contributed by atoms with Gasteiger partial charge in [0.2, 0.25) is 0 Å². The van der Waals surface area contributed by atoms with Crippen LogP contribution >= 0.6 is 0 Å². The summed E-state index contributed by atoms with van der Waals surface area (Å²) < 4.78 is 7.98. The molecule has 2 rings (SSSR count). The molecule has 116 valence electrons. The van der Waals surface area contributed by atoms with Gasteiger partial charge in [0.1, 0.15) is 0 Å². The first-order valence-electron chi connectivity index (χ1n) is 7.79. The van der Waals surface area contributed by atoms with Crippen LogP contribution in [0, 0.1) is 0 Å². The van der Waals surface area contributed by atoms with Crippen molar-refractivity contribution < 1.29 is 4.74 Å². The van der Waals surface area contributed by atoms with E-state index in [0.717, 1.165) is 25.3 Å². The number of nitrogens with zero attached hydrogens (tertiary/aromatic N) is 2. The van der Waals surface area contributed by atoms with Gasteiger partial charge in [0.05, 0.1) is 16.8 Å². The predicted octanol–water partition coefficient (Wildman–Crippen LogP) is 3.00. The number of hydrogen-bond acceptors (Lipinski definition) is 3. The molecule has 0 amide bonds. The highest BCUT2D eigenvalue weighted by Crippen LogP contribution is 2.24. The van der Waals surface area contributed by atoms with Crippen molar-refractivity contribution in [2.24, 2.45) is 0 Å². The first-order chi connectivity index (χ1) is 10.0. The number of para-hydroxylation sites is 1. The number of benzene rings is 1. The molecular formula is C17H27N3O. The number of aryl methyl sites for hydroxylation is 1. The Morgan fingerprint density at radius 2 is 2.00 bits per heavy atom. The Morgan fingerprint density at radius 3 is 2.62 bits per heavy atom. The largest absolute Gasteiger partial charge is 0.374 e. The van der Waals surface area contributed by atoms with E-state index < -0.39 is 0 Å². The van der Waals surface area contributed by atoms with Gasteiger partial charge < -0.3 is 10.1 Å². The number of hydrogen-bond donors (Lipinski definition) is 1. The molecular weight excluding hydrogens is 262 g/mol. The molecule has 0 bridgehead atoms. The second-order valence-corrected chi connectivity index (χ2v) is 5.86. The highest BCUT2D eigenvalue weighted by atomic mass is 16.5. The molecule has 1 heterocycles. The summed E-state index contributed by atoms with van der Waals surface area (Å²) in [6.45, 7) is 10.0. The maximum absolute atomic E-state index is 5.90. The summed E-state index contributed by atoms with van der Waals surface area (Å²) in [5.74, 6) is 0. The topological polar surface area (TPSA) is 39.1 Å². The molecule has 0 aliphatic rings. The van der Waals surface area contributed by atoms with Gasteiger partial charge in [0.25, 0.3) is 0 Å². The third kappa shape index (κ3) is 3.27. The van der Waals surface area contributed by atoms with Crippen molar-refractivity contribution in [3.63, 3.8) is 0 Å². The Labute approximate surface area is 127 Å². The number of nitrogens with one attached hydrogen (secondary N) is 1. The number of fused-ring (bicyclic) bond motifs is 1. The number of aromatic nitrogens is 2. The molecule has 0 spiro atoms. The molecule has 0 radical (unpaired) electrons. The number of ether oxygens (including phenoxy) is 1. The van der Waals surface area contributed by atoms with Gasteiger partial charge in [-0.2, -0.15) is 5.10 Å². The summed E-state index contributed by atoms with van der Waals surface area (Å²) in [4.78, 5) is 0. The summed E-state index contributed by atoms with van der Waals surface area (Å²) in [6, 6.07) is 8.66. The van der Waals surface area contributed by atoms with Crippen LogP contribution in [0.1, 0.15) is 33.4 Å². The molecule has 21 heavy (non-hydrogen) atoms. The van der Waals surface area contributed by atoms with Gasteiger partial charge in [0, 0.05) is 31.0 Å². The van der Waals surface area contributed by atoms with Gasteiger partial charge in [-0.15, -0.1) is 0 Å². The van der Waals surface area contributed by atoms with Crippen molar-refractivity contribution in [2.75, 3.05) is 13.7 Å². The maximum atomic E-state index is 5.90. The normalized spacial score (nSPS) is 13.8. The zero-order chi connectivity index (χ0) is 15.5. The Balaban J connectivity index is 2.34. The highest BCUT2D eigenvalue weighted by Gasteiger charge is 2.30. The molecule has 1 unspecified atom stereocenters. The molecule has 0 fully saturated rings. The summed E-state index contributed by atoms with van der Waals surface area (Å²) in [6.07, 6.45) is 0.858. The maximum Gasteiger partial charge on any atom is 0.0782 e. The molecule has 4 heteroatoms. The fraction of sp³-hybridized carbons (Fsp3) is 0.588. The SMILES string of the molecule is CCOC(C)(C)C(Cc1nn(CC)c2ccccc12)NC. The van der Waals surface area contributed by atoms with E-state index in [-0.39, 0.29) is 11.6 Å². The van der Waals surface area contributed by atoms with E-state index >= 15 is 0 Å². The number of rotatable bonds is 7. The average Bonchev–Trinajstić information content (AvgIpc) is 2.82. The first-order valence-corrected chi connectivity index (χ1v) is 7.79. The zero-order valence-corrected chi connectivity index (χ0v) is 13.8. The van der Waals surface area contributed by atoms with Gasteiger partial charge in [-0.05, 0) is 40.8 Å². The van der Waals surface area contributed by atoms with Crippen molar-refractivity contribution in [3.8, 4) is 0 Å². The first kappa shape index (κ1) is 16.0. The van der Waals surface area contributed by atoms with E-state index in [4.69, 9.17) is 9.84 Å². The predicted molar refractivity (Wildman–Crippen MR) is 87.7 cm³/mol. The van der Waals surface area contributed by atoms with Crippen molar-refractivity contribution in [1.82, 2.24) is 15.1 Å². The molecule has 4 nitrogen and oxygen atoms in total. The van der Waals surface area contributed by atoms with Crippen LogP contribution in [-0.4, -0.2) is 35.1 Å². The molecule has 1 N–H and O–H groups in total. The average molecular weight is 289 g/mol. The van der Waals surface area contributed by atoms with E-state index in [0.29, 0.717) is 0 Å². The monoisotopic (exact) mass is 289 g/mol. The standard InChI is InChI=1S/C17H27N3O/c1-6-20-15-11-9-8-10-13(15)14(19-20)12-16(18-5)17(3,4)21-7-2/h8-11,16,18H,6-7,12H2,1-5H3. The summed E-state index contributed by atoms with van der Waals surface area (Å²) in [5, 5.41) is 9.43. The second kappa shape index (κ2) is 6.58. The van der Waals surface area contributed by atoms with Crippen LogP contribution in [0.25, 0.3) is 10.9 Å². The molecule has 0 aliphatic heterocycles. The van der Waals surface area contributed by atoms with Crippen LogP contribution in [0.5, 0.6) is 0 Å². The molecule has 1 aromatic heterocycles. The van der Waals surface area contributed by atoms with Gasteiger partial charge in [0.15, 0.2) is 0 Å². The Bertz CT molecular complexity index is 589. The summed E-state index contributed by atoms with van der Waals surface area (Å²) in [5.41, 5.74) is 2.12. The molecule has 1 aromatic carbocycles. The fourth-order valence-electron chi connectivity index (χ4n) is 2.95. The summed E-state index contributed by atoms with van der Waals surface area (Å²) in [7, 11) is 1.99. The molecule has 0 saturated carbocycles. The lowest BCUT2D eigenvalue weighted by Gasteiger charge is -2.33. The Hall–Kier alpha value is -1.39. The van der Waals surface area contributed by atoms with Crippen LogP contribution in [0.2, 0.25) is 0 Å². The smallest absolute Gasteiger partial charge is 0.0782 e. The second-order valence-electron chi connectivity index (χ2n) is 5.86. The van der Waals surface area contributed by atoms with E-state index in [1.807, 2.05) is 14.0 Å². The van der Waals surface area contributed by atoms with E-state index in [2.05, 4.69) is 55.0 Å². The Kier molecular flexibility index (Phi) is 5.01. The molecule has 1 atom stereocenters. The Morgan fingerprint density at radius 1 is 1.29 bits per heavy atom. The third-order valence-electron chi connectivity index (χ3n) is 4.14. The van der Waals surface area contributed by atoms with Crippen molar-refractivity contribution in [1.29, 1.82) is 0 Å². The van der Waals surface area contributed by atoms with Crippen LogP contribution in [-0.2, 0) is 17.7 Å². The minimum atomic E-state index is -0.222. The minimum Gasteiger partial charge on any atom is -0.374 e. The van der Waals surface area contributed by atoms with Gasteiger partial charge in [-0.3, -0.25) is 4.68 Å². The van der Waals surface area contributed by atoms with E-state index in [9.17, 15) is 0 Å². The van der Waals surface area contributed by atoms with Crippen molar-refractivity contribution >= 4 is 10.9 Å². The van der Waals surface area contributed by atoms with Gasteiger partial charge >= 0.3 is 0 Å². The third-order valence-corrected chi connectivity index (χ3v) is 4.14. The number of likely N-dealkylation sites (N-methyl/N-ethyl adjacent to an activating group) is 1. The van der Waals surface area contributed by atoms with Crippen molar-refractivity contribution in [3.05, 3.63) is 30.0 Å². The minimum absolute atomic E-state index is 0.222. The van der Waals surface area contributed by atoms with Crippen LogP contribution in [0.15, 0.2) is 24.3 Å². The molecule has 2 aromatic rings. The molecule has 0 saturated heterocycles. The highest BCUT2D eigenvalue weighted by molar-refractivity contribution is 5.82. The van der Waals surface area contributed by atoms with Crippen LogP contribution in [0.4, 0.5) is 0 Å². The van der Waals surface area contributed by atoms with E-state index in [1.165, 1.54) is 10.9 Å².